The molecule has 0 aliphatic carbocycles. The van der Waals surface area contributed by atoms with Gasteiger partial charge in [0.2, 0.25) is 5.91 Å². The van der Waals surface area contributed by atoms with Gasteiger partial charge in [0.15, 0.2) is 0 Å². The summed E-state index contributed by atoms with van der Waals surface area (Å²) in [6.07, 6.45) is 3.19. The summed E-state index contributed by atoms with van der Waals surface area (Å²) in [6, 6.07) is 0.0857. The smallest absolute Gasteiger partial charge is 0.234 e. The number of rotatable bonds is 9. The fourth-order valence-corrected chi connectivity index (χ4v) is 1.60. The average molecular weight is 229 g/mol. The third kappa shape index (κ3) is 7.65. The number of amides is 1. The minimum Gasteiger partial charge on any atom is -0.368 e. The van der Waals surface area contributed by atoms with Gasteiger partial charge in [0.25, 0.3) is 0 Å². The van der Waals surface area contributed by atoms with Crippen molar-refractivity contribution < 1.29 is 4.79 Å². The Bertz CT molecular complexity index is 195. The van der Waals surface area contributed by atoms with Crippen LogP contribution < -0.4 is 11.1 Å². The lowest BCUT2D eigenvalue weighted by atomic mass is 10.1. The van der Waals surface area contributed by atoms with Gasteiger partial charge >= 0.3 is 0 Å². The fourth-order valence-electron chi connectivity index (χ4n) is 1.60. The van der Waals surface area contributed by atoms with E-state index in [9.17, 15) is 4.79 Å². The number of nitrogens with zero attached hydrogens (tertiary/aromatic N) is 1. The SMILES string of the molecule is CCCCN(C)CCC(NC(C)C)C(N)=O. The van der Waals surface area contributed by atoms with E-state index in [4.69, 9.17) is 5.73 Å². The molecule has 0 radical (unpaired) electrons. The lowest BCUT2D eigenvalue weighted by Gasteiger charge is -2.22. The standard InChI is InChI=1S/C12H27N3O/c1-5-6-8-15(4)9-7-11(12(13)16)14-10(2)3/h10-11,14H,5-9H2,1-4H3,(H2,13,16). The van der Waals surface area contributed by atoms with Crippen molar-refractivity contribution in [1.82, 2.24) is 10.2 Å². The molecular formula is C12H27N3O. The van der Waals surface area contributed by atoms with Gasteiger partial charge in [-0.25, -0.2) is 0 Å². The molecule has 1 unspecified atom stereocenters. The molecule has 0 spiro atoms. The molecular weight excluding hydrogens is 202 g/mol. The van der Waals surface area contributed by atoms with Gasteiger partial charge in [-0.1, -0.05) is 27.2 Å². The first-order chi connectivity index (χ1) is 7.47. The molecule has 0 aromatic carbocycles. The molecule has 0 aliphatic rings. The predicted molar refractivity (Wildman–Crippen MR) is 68.3 cm³/mol. The zero-order valence-corrected chi connectivity index (χ0v) is 11.1. The van der Waals surface area contributed by atoms with Crippen molar-refractivity contribution >= 4 is 5.91 Å². The van der Waals surface area contributed by atoms with E-state index in [0.717, 1.165) is 19.5 Å². The Hall–Kier alpha value is -0.610. The summed E-state index contributed by atoms with van der Waals surface area (Å²) in [6.45, 7) is 8.23. The number of unbranched alkanes of at least 4 members (excludes halogenated alkanes) is 1. The van der Waals surface area contributed by atoms with Crippen LogP contribution in [0.5, 0.6) is 0 Å². The summed E-state index contributed by atoms with van der Waals surface area (Å²) in [4.78, 5) is 13.5. The Morgan fingerprint density at radius 1 is 1.38 bits per heavy atom. The summed E-state index contributed by atoms with van der Waals surface area (Å²) in [7, 11) is 2.09. The van der Waals surface area contributed by atoms with Crippen molar-refractivity contribution in [1.29, 1.82) is 0 Å². The molecule has 96 valence electrons. The second-order valence-electron chi connectivity index (χ2n) is 4.72. The van der Waals surface area contributed by atoms with Crippen LogP contribution in [0.2, 0.25) is 0 Å². The molecule has 0 aromatic heterocycles. The summed E-state index contributed by atoms with van der Waals surface area (Å²) in [5.41, 5.74) is 5.35. The third-order valence-electron chi connectivity index (χ3n) is 2.57. The van der Waals surface area contributed by atoms with Crippen LogP contribution >= 0.6 is 0 Å². The van der Waals surface area contributed by atoms with E-state index in [1.54, 1.807) is 0 Å². The van der Waals surface area contributed by atoms with Crippen LogP contribution in [0.4, 0.5) is 0 Å². The Morgan fingerprint density at radius 3 is 2.44 bits per heavy atom. The third-order valence-corrected chi connectivity index (χ3v) is 2.57. The molecule has 4 nitrogen and oxygen atoms in total. The van der Waals surface area contributed by atoms with Gasteiger partial charge in [-0.2, -0.15) is 0 Å². The topological polar surface area (TPSA) is 58.4 Å². The normalized spacial score (nSPS) is 13.4. The van der Waals surface area contributed by atoms with Crippen molar-refractivity contribution in [2.24, 2.45) is 5.73 Å². The van der Waals surface area contributed by atoms with Crippen molar-refractivity contribution in [3.05, 3.63) is 0 Å². The molecule has 0 fully saturated rings. The Balaban J connectivity index is 3.87. The first-order valence-electron chi connectivity index (χ1n) is 6.21. The second-order valence-corrected chi connectivity index (χ2v) is 4.72. The van der Waals surface area contributed by atoms with Crippen LogP contribution in [0.3, 0.4) is 0 Å². The molecule has 0 rings (SSSR count). The van der Waals surface area contributed by atoms with Crippen molar-refractivity contribution in [3.8, 4) is 0 Å². The second kappa shape index (κ2) is 8.53. The largest absolute Gasteiger partial charge is 0.368 e. The maximum absolute atomic E-state index is 11.2. The van der Waals surface area contributed by atoms with Crippen LogP contribution in [0.25, 0.3) is 0 Å². The molecule has 1 amide bonds. The molecule has 0 aromatic rings. The molecule has 0 saturated heterocycles. The van der Waals surface area contributed by atoms with Gasteiger partial charge in [0.1, 0.15) is 0 Å². The van der Waals surface area contributed by atoms with E-state index >= 15 is 0 Å². The molecule has 0 aliphatic heterocycles. The molecule has 3 N–H and O–H groups in total. The number of carbonyl (C=O) groups is 1. The molecule has 0 heterocycles. The molecule has 16 heavy (non-hydrogen) atoms. The zero-order chi connectivity index (χ0) is 12.6. The maximum Gasteiger partial charge on any atom is 0.234 e. The first kappa shape index (κ1) is 15.4. The van der Waals surface area contributed by atoms with Crippen molar-refractivity contribution in [3.63, 3.8) is 0 Å². The highest BCUT2D eigenvalue weighted by molar-refractivity contribution is 5.79. The van der Waals surface area contributed by atoms with Gasteiger partial charge in [0, 0.05) is 6.04 Å². The number of carbonyl (C=O) groups excluding carboxylic acids is 1. The van der Waals surface area contributed by atoms with Crippen LogP contribution in [-0.4, -0.2) is 43.0 Å². The van der Waals surface area contributed by atoms with Gasteiger partial charge in [-0.05, 0) is 33.0 Å². The lowest BCUT2D eigenvalue weighted by molar-refractivity contribution is -0.120. The first-order valence-corrected chi connectivity index (χ1v) is 6.21. The summed E-state index contributed by atoms with van der Waals surface area (Å²) in [5, 5.41) is 3.19. The number of hydrogen-bond donors (Lipinski definition) is 2. The molecule has 1 atom stereocenters. The van der Waals surface area contributed by atoms with Gasteiger partial charge in [-0.3, -0.25) is 4.79 Å². The predicted octanol–water partition coefficient (Wildman–Crippen LogP) is 0.960. The minimum atomic E-state index is -0.252. The van der Waals surface area contributed by atoms with Gasteiger partial charge in [0.05, 0.1) is 6.04 Å². The summed E-state index contributed by atoms with van der Waals surface area (Å²) in [5.74, 6) is -0.252. The van der Waals surface area contributed by atoms with Gasteiger partial charge < -0.3 is 16.0 Å². The molecule has 0 bridgehead atoms. The van der Waals surface area contributed by atoms with E-state index in [1.807, 2.05) is 13.8 Å². The minimum absolute atomic E-state index is 0.205. The Kier molecular flexibility index (Phi) is 8.21. The van der Waals surface area contributed by atoms with Crippen LogP contribution in [0, 0.1) is 0 Å². The van der Waals surface area contributed by atoms with E-state index in [2.05, 4.69) is 24.2 Å². The van der Waals surface area contributed by atoms with E-state index in [1.165, 1.54) is 12.8 Å². The quantitative estimate of drug-likeness (QED) is 0.619. The van der Waals surface area contributed by atoms with Crippen molar-refractivity contribution in [2.45, 2.75) is 52.1 Å². The Morgan fingerprint density at radius 2 is 2.00 bits per heavy atom. The van der Waals surface area contributed by atoms with Gasteiger partial charge in [-0.15, -0.1) is 0 Å². The highest BCUT2D eigenvalue weighted by Gasteiger charge is 2.16. The number of nitrogens with two attached hydrogens (primary N) is 1. The van der Waals surface area contributed by atoms with Crippen molar-refractivity contribution in [2.75, 3.05) is 20.1 Å². The van der Waals surface area contributed by atoms with Crippen LogP contribution in [0.15, 0.2) is 0 Å². The monoisotopic (exact) mass is 229 g/mol. The zero-order valence-electron chi connectivity index (χ0n) is 11.1. The average Bonchev–Trinajstić information content (AvgIpc) is 2.20. The summed E-state index contributed by atoms with van der Waals surface area (Å²) < 4.78 is 0. The Labute approximate surface area is 99.6 Å². The number of nitrogens with one attached hydrogen (secondary N) is 1. The highest BCUT2D eigenvalue weighted by atomic mass is 16.1. The highest BCUT2D eigenvalue weighted by Crippen LogP contribution is 1.98. The van der Waals surface area contributed by atoms with E-state index in [-0.39, 0.29) is 11.9 Å². The number of hydrogen-bond acceptors (Lipinski definition) is 3. The maximum atomic E-state index is 11.2. The molecule has 0 saturated carbocycles. The number of primary amides is 1. The fraction of sp³-hybridized carbons (Fsp3) is 0.917. The van der Waals surface area contributed by atoms with Crippen LogP contribution in [-0.2, 0) is 4.79 Å². The van der Waals surface area contributed by atoms with E-state index in [0.29, 0.717) is 6.04 Å². The lowest BCUT2D eigenvalue weighted by Crippen LogP contribution is -2.46. The van der Waals surface area contributed by atoms with Crippen LogP contribution in [0.1, 0.15) is 40.0 Å². The molecule has 4 heteroatoms. The van der Waals surface area contributed by atoms with E-state index < -0.39 is 0 Å². The summed E-state index contributed by atoms with van der Waals surface area (Å²) >= 11 is 0.